The number of fused-ring (bicyclic) bond motifs is 1. The van der Waals surface area contributed by atoms with E-state index in [2.05, 4.69) is 20.9 Å². The molecule has 0 atom stereocenters. The lowest BCUT2D eigenvalue weighted by atomic mass is 10.2. The Morgan fingerprint density at radius 1 is 1.05 bits per heavy atom. The lowest BCUT2D eigenvalue weighted by Crippen LogP contribution is -1.96. The number of nitrogens with zero attached hydrogens (tertiary/aromatic N) is 1. The van der Waals surface area contributed by atoms with Gasteiger partial charge >= 0.3 is 0 Å². The first-order valence-corrected chi connectivity index (χ1v) is 7.37. The minimum Gasteiger partial charge on any atom is -0.436 e. The SMILES string of the molecule is Fc1ccc(Oc2nc3ccccc3cc2CBr)c(F)c1. The van der Waals surface area contributed by atoms with Crippen molar-refractivity contribution in [2.24, 2.45) is 0 Å². The second-order valence-electron chi connectivity index (χ2n) is 4.46. The van der Waals surface area contributed by atoms with Crippen LogP contribution in [0.1, 0.15) is 5.56 Å². The smallest absolute Gasteiger partial charge is 0.224 e. The molecule has 0 saturated heterocycles. The fraction of sp³-hybridized carbons (Fsp3) is 0.0625. The highest BCUT2D eigenvalue weighted by Crippen LogP contribution is 2.30. The van der Waals surface area contributed by atoms with E-state index in [9.17, 15) is 8.78 Å². The van der Waals surface area contributed by atoms with E-state index in [0.717, 1.165) is 28.6 Å². The molecule has 0 N–H and O–H groups in total. The topological polar surface area (TPSA) is 22.1 Å². The van der Waals surface area contributed by atoms with Crippen molar-refractivity contribution in [3.8, 4) is 11.6 Å². The molecule has 0 fully saturated rings. The summed E-state index contributed by atoms with van der Waals surface area (Å²) in [6.45, 7) is 0. The summed E-state index contributed by atoms with van der Waals surface area (Å²) in [5, 5.41) is 1.49. The summed E-state index contributed by atoms with van der Waals surface area (Å²) in [5.74, 6) is -1.16. The molecule has 2 aromatic carbocycles. The first kappa shape index (κ1) is 13.9. The average molecular weight is 350 g/mol. The Balaban J connectivity index is 2.06. The molecular formula is C16H10BrF2NO. The lowest BCUT2D eigenvalue weighted by Gasteiger charge is -2.10. The van der Waals surface area contributed by atoms with Crippen molar-refractivity contribution in [2.45, 2.75) is 5.33 Å². The zero-order chi connectivity index (χ0) is 14.8. The van der Waals surface area contributed by atoms with Crippen LogP contribution in [-0.2, 0) is 5.33 Å². The van der Waals surface area contributed by atoms with Crippen molar-refractivity contribution in [1.82, 2.24) is 4.98 Å². The normalized spacial score (nSPS) is 10.8. The third kappa shape index (κ3) is 2.88. The molecule has 3 aromatic rings. The third-order valence-corrected chi connectivity index (χ3v) is 3.61. The van der Waals surface area contributed by atoms with Crippen molar-refractivity contribution >= 4 is 26.8 Å². The van der Waals surface area contributed by atoms with Crippen molar-refractivity contribution in [2.75, 3.05) is 0 Å². The molecule has 2 nitrogen and oxygen atoms in total. The van der Waals surface area contributed by atoms with Gasteiger partial charge < -0.3 is 4.74 Å². The van der Waals surface area contributed by atoms with Crippen LogP contribution in [0.4, 0.5) is 8.78 Å². The van der Waals surface area contributed by atoms with Crippen LogP contribution < -0.4 is 4.74 Å². The molecule has 0 saturated carbocycles. The van der Waals surface area contributed by atoms with Crippen LogP contribution in [-0.4, -0.2) is 4.98 Å². The summed E-state index contributed by atoms with van der Waals surface area (Å²) < 4.78 is 32.1. The summed E-state index contributed by atoms with van der Waals surface area (Å²) >= 11 is 3.36. The van der Waals surface area contributed by atoms with Crippen molar-refractivity contribution in [3.05, 3.63) is 65.7 Å². The molecule has 0 aliphatic rings. The van der Waals surface area contributed by atoms with Crippen molar-refractivity contribution < 1.29 is 13.5 Å². The Hall–Kier alpha value is -2.01. The van der Waals surface area contributed by atoms with Crippen LogP contribution in [0.25, 0.3) is 10.9 Å². The maximum Gasteiger partial charge on any atom is 0.224 e. The Morgan fingerprint density at radius 2 is 1.86 bits per heavy atom. The van der Waals surface area contributed by atoms with E-state index in [1.54, 1.807) is 0 Å². The van der Waals surface area contributed by atoms with E-state index in [4.69, 9.17) is 4.74 Å². The molecule has 21 heavy (non-hydrogen) atoms. The lowest BCUT2D eigenvalue weighted by molar-refractivity contribution is 0.422. The Kier molecular flexibility index (Phi) is 3.84. The van der Waals surface area contributed by atoms with E-state index >= 15 is 0 Å². The first-order chi connectivity index (χ1) is 10.2. The number of aromatic nitrogens is 1. The van der Waals surface area contributed by atoms with Gasteiger partial charge in [0.1, 0.15) is 5.82 Å². The Bertz CT molecular complexity index is 807. The van der Waals surface area contributed by atoms with Gasteiger partial charge in [-0.1, -0.05) is 34.1 Å². The fourth-order valence-electron chi connectivity index (χ4n) is 1.99. The van der Waals surface area contributed by atoms with Gasteiger partial charge in [-0.15, -0.1) is 0 Å². The maximum atomic E-state index is 13.7. The quantitative estimate of drug-likeness (QED) is 0.606. The van der Waals surface area contributed by atoms with Crippen molar-refractivity contribution in [3.63, 3.8) is 0 Å². The third-order valence-electron chi connectivity index (χ3n) is 3.01. The number of alkyl halides is 1. The van der Waals surface area contributed by atoms with Gasteiger partial charge in [0, 0.05) is 22.3 Å². The second-order valence-corrected chi connectivity index (χ2v) is 5.02. The van der Waals surface area contributed by atoms with Gasteiger partial charge in [-0.25, -0.2) is 13.8 Å². The highest BCUT2D eigenvalue weighted by molar-refractivity contribution is 9.08. The second kappa shape index (κ2) is 5.77. The largest absolute Gasteiger partial charge is 0.436 e. The standard InChI is InChI=1S/C16H10BrF2NO/c17-9-11-7-10-3-1-2-4-14(10)20-16(11)21-15-6-5-12(18)8-13(15)19/h1-8H,9H2. The minimum absolute atomic E-state index is 0.0543. The van der Waals surface area contributed by atoms with Crippen LogP contribution >= 0.6 is 15.9 Å². The van der Waals surface area contributed by atoms with Crippen LogP contribution in [0.15, 0.2) is 48.5 Å². The van der Waals surface area contributed by atoms with E-state index in [0.29, 0.717) is 11.2 Å². The molecule has 0 aliphatic carbocycles. The molecule has 0 unspecified atom stereocenters. The van der Waals surface area contributed by atoms with Gasteiger partial charge in [0.25, 0.3) is 0 Å². The molecular weight excluding hydrogens is 340 g/mol. The molecule has 3 rings (SSSR count). The summed E-state index contributed by atoms with van der Waals surface area (Å²) in [6.07, 6.45) is 0. The maximum absolute atomic E-state index is 13.7. The van der Waals surface area contributed by atoms with Gasteiger partial charge in [0.15, 0.2) is 11.6 Å². The molecule has 1 aromatic heterocycles. The number of ether oxygens (including phenoxy) is 1. The summed E-state index contributed by atoms with van der Waals surface area (Å²) in [6, 6.07) is 12.7. The zero-order valence-electron chi connectivity index (χ0n) is 10.8. The number of rotatable bonds is 3. The van der Waals surface area contributed by atoms with Gasteiger partial charge in [-0.3, -0.25) is 0 Å². The minimum atomic E-state index is -0.759. The van der Waals surface area contributed by atoms with Crippen LogP contribution in [0.3, 0.4) is 0 Å². The van der Waals surface area contributed by atoms with E-state index in [1.165, 1.54) is 6.07 Å². The predicted octanol–water partition coefficient (Wildman–Crippen LogP) is 5.20. The molecule has 106 valence electrons. The number of pyridine rings is 1. The van der Waals surface area contributed by atoms with E-state index < -0.39 is 11.6 Å². The first-order valence-electron chi connectivity index (χ1n) is 6.25. The summed E-state index contributed by atoms with van der Waals surface area (Å²) in [4.78, 5) is 4.39. The number of hydrogen-bond donors (Lipinski definition) is 0. The van der Waals surface area contributed by atoms with E-state index in [1.807, 2.05) is 30.3 Å². The number of para-hydroxylation sites is 1. The van der Waals surface area contributed by atoms with Crippen LogP contribution in [0.2, 0.25) is 0 Å². The molecule has 5 heteroatoms. The molecule has 0 bridgehead atoms. The fourth-order valence-corrected chi connectivity index (χ4v) is 2.39. The molecule has 0 amide bonds. The molecule has 1 heterocycles. The van der Waals surface area contributed by atoms with Crippen LogP contribution in [0, 0.1) is 11.6 Å². The van der Waals surface area contributed by atoms with Crippen LogP contribution in [0.5, 0.6) is 11.6 Å². The number of benzene rings is 2. The van der Waals surface area contributed by atoms with Gasteiger partial charge in [0.05, 0.1) is 5.52 Å². The van der Waals surface area contributed by atoms with Gasteiger partial charge in [0.2, 0.25) is 5.88 Å². The van der Waals surface area contributed by atoms with Gasteiger partial charge in [-0.05, 0) is 24.3 Å². The number of halogens is 3. The predicted molar refractivity (Wildman–Crippen MR) is 80.8 cm³/mol. The Labute approximate surface area is 128 Å². The summed E-state index contributed by atoms with van der Waals surface area (Å²) in [7, 11) is 0. The highest BCUT2D eigenvalue weighted by atomic mass is 79.9. The molecule has 0 radical (unpaired) electrons. The highest BCUT2D eigenvalue weighted by Gasteiger charge is 2.12. The van der Waals surface area contributed by atoms with Crippen molar-refractivity contribution in [1.29, 1.82) is 0 Å². The van der Waals surface area contributed by atoms with E-state index in [-0.39, 0.29) is 5.75 Å². The zero-order valence-corrected chi connectivity index (χ0v) is 12.4. The van der Waals surface area contributed by atoms with Gasteiger partial charge in [-0.2, -0.15) is 0 Å². The number of hydrogen-bond acceptors (Lipinski definition) is 2. The molecule has 0 aliphatic heterocycles. The molecule has 0 spiro atoms. The summed E-state index contributed by atoms with van der Waals surface area (Å²) in [5.41, 5.74) is 1.54. The monoisotopic (exact) mass is 349 g/mol. The Morgan fingerprint density at radius 3 is 2.62 bits per heavy atom. The average Bonchev–Trinajstić information content (AvgIpc) is 2.49.